The molecule has 5 N–H and O–H groups in total. The van der Waals surface area contributed by atoms with Gasteiger partial charge in [-0.1, -0.05) is 0 Å². The van der Waals surface area contributed by atoms with Crippen molar-refractivity contribution in [2.75, 3.05) is 19.8 Å². The van der Waals surface area contributed by atoms with Gasteiger partial charge < -0.3 is 21.1 Å². The monoisotopic (exact) mass is 175 g/mol. The molecule has 0 heterocycles. The van der Waals surface area contributed by atoms with E-state index in [9.17, 15) is 0 Å². The van der Waals surface area contributed by atoms with Crippen molar-refractivity contribution in [2.24, 2.45) is 23.5 Å². The van der Waals surface area contributed by atoms with Gasteiger partial charge in [-0.05, 0) is 18.3 Å². The normalized spacial score (nSPS) is 42.0. The Morgan fingerprint density at radius 2 is 1.58 bits per heavy atom. The number of hydrogen-bond donors (Lipinski definition) is 4. The molecule has 12 heavy (non-hydrogen) atoms. The molecule has 0 aromatic carbocycles. The molecule has 1 fully saturated rings. The van der Waals surface area contributed by atoms with Crippen molar-refractivity contribution in [3.63, 3.8) is 0 Å². The summed E-state index contributed by atoms with van der Waals surface area (Å²) in [6, 6.07) is -0.0794. The first kappa shape index (κ1) is 9.92. The van der Waals surface area contributed by atoms with Crippen molar-refractivity contribution in [2.45, 2.75) is 12.5 Å². The molecule has 1 aliphatic carbocycles. The van der Waals surface area contributed by atoms with E-state index in [1.54, 1.807) is 0 Å². The van der Waals surface area contributed by atoms with Crippen LogP contribution in [0.25, 0.3) is 0 Å². The van der Waals surface area contributed by atoms with Crippen molar-refractivity contribution >= 4 is 0 Å². The molecule has 0 aromatic rings. The molecule has 0 bridgehead atoms. The van der Waals surface area contributed by atoms with E-state index in [-0.39, 0.29) is 43.6 Å². The van der Waals surface area contributed by atoms with Crippen LogP contribution in [0.3, 0.4) is 0 Å². The lowest BCUT2D eigenvalue weighted by Gasteiger charge is -2.20. The van der Waals surface area contributed by atoms with E-state index in [0.29, 0.717) is 6.42 Å². The summed E-state index contributed by atoms with van der Waals surface area (Å²) in [6.07, 6.45) is 0.701. The fourth-order valence-corrected chi connectivity index (χ4v) is 2.13. The molecule has 4 nitrogen and oxygen atoms in total. The summed E-state index contributed by atoms with van der Waals surface area (Å²) >= 11 is 0. The number of aliphatic hydroxyl groups excluding tert-OH is 3. The average molecular weight is 175 g/mol. The zero-order chi connectivity index (χ0) is 9.14. The topological polar surface area (TPSA) is 86.7 Å². The molecular formula is C8H17NO3. The highest BCUT2D eigenvalue weighted by Gasteiger charge is 2.40. The number of aliphatic hydroxyl groups is 3. The smallest absolute Gasteiger partial charge is 0.0477 e. The van der Waals surface area contributed by atoms with Crippen LogP contribution in [0.4, 0.5) is 0 Å². The van der Waals surface area contributed by atoms with Gasteiger partial charge in [-0.2, -0.15) is 0 Å². The van der Waals surface area contributed by atoms with Crippen LogP contribution in [0, 0.1) is 17.8 Å². The Hall–Kier alpha value is -0.160. The first-order valence-corrected chi connectivity index (χ1v) is 4.32. The molecule has 0 amide bonds. The van der Waals surface area contributed by atoms with Gasteiger partial charge in [0.25, 0.3) is 0 Å². The molecule has 4 atom stereocenters. The highest BCUT2D eigenvalue weighted by molar-refractivity contribution is 4.92. The Labute approximate surface area is 72.0 Å². The minimum atomic E-state index is -0.0794. The molecule has 0 radical (unpaired) electrons. The summed E-state index contributed by atoms with van der Waals surface area (Å²) in [7, 11) is 0. The molecule has 0 aromatic heterocycles. The van der Waals surface area contributed by atoms with Crippen LogP contribution >= 0.6 is 0 Å². The lowest BCUT2D eigenvalue weighted by molar-refractivity contribution is 0.0904. The second-order valence-corrected chi connectivity index (χ2v) is 3.54. The van der Waals surface area contributed by atoms with Gasteiger partial charge in [0.15, 0.2) is 0 Å². The van der Waals surface area contributed by atoms with Crippen molar-refractivity contribution < 1.29 is 15.3 Å². The van der Waals surface area contributed by atoms with Crippen molar-refractivity contribution in [1.82, 2.24) is 0 Å². The minimum absolute atomic E-state index is 0.00287. The van der Waals surface area contributed by atoms with E-state index in [0.717, 1.165) is 0 Å². The Kier molecular flexibility index (Phi) is 3.46. The first-order valence-electron chi connectivity index (χ1n) is 4.32. The predicted octanol–water partition coefficient (Wildman–Crippen LogP) is -1.46. The van der Waals surface area contributed by atoms with E-state index in [2.05, 4.69) is 0 Å². The fourth-order valence-electron chi connectivity index (χ4n) is 2.13. The van der Waals surface area contributed by atoms with Gasteiger partial charge in [0.05, 0.1) is 0 Å². The van der Waals surface area contributed by atoms with Crippen LogP contribution in [0.1, 0.15) is 6.42 Å². The van der Waals surface area contributed by atoms with E-state index in [1.807, 2.05) is 0 Å². The summed E-state index contributed by atoms with van der Waals surface area (Å²) in [4.78, 5) is 0. The van der Waals surface area contributed by atoms with Crippen LogP contribution in [-0.4, -0.2) is 41.2 Å². The van der Waals surface area contributed by atoms with Gasteiger partial charge in [0.2, 0.25) is 0 Å². The molecule has 72 valence electrons. The molecule has 4 heteroatoms. The standard InChI is InChI=1S/C8H17NO3/c9-8-1-5(2-10)6(3-11)7(8)4-12/h5-8,10-12H,1-4,9H2/t5-,6+,7-,8-/m0/s1. The van der Waals surface area contributed by atoms with Crippen LogP contribution in [0.5, 0.6) is 0 Å². The molecule has 0 unspecified atom stereocenters. The maximum absolute atomic E-state index is 9.01. The third-order valence-electron chi connectivity index (χ3n) is 2.94. The SMILES string of the molecule is N[C@H]1C[C@@H](CO)[C@@H](CO)[C@@H]1CO. The third kappa shape index (κ3) is 1.61. The maximum Gasteiger partial charge on any atom is 0.0477 e. The summed E-state index contributed by atoms with van der Waals surface area (Å²) in [5.74, 6) is -0.0238. The van der Waals surface area contributed by atoms with Crippen molar-refractivity contribution in [3.05, 3.63) is 0 Å². The highest BCUT2D eigenvalue weighted by atomic mass is 16.3. The van der Waals surface area contributed by atoms with Crippen LogP contribution in [0.15, 0.2) is 0 Å². The van der Waals surface area contributed by atoms with Crippen molar-refractivity contribution in [1.29, 1.82) is 0 Å². The largest absolute Gasteiger partial charge is 0.396 e. The van der Waals surface area contributed by atoms with Crippen LogP contribution in [0.2, 0.25) is 0 Å². The van der Waals surface area contributed by atoms with Gasteiger partial charge in [-0.25, -0.2) is 0 Å². The second kappa shape index (κ2) is 4.18. The number of hydrogen-bond acceptors (Lipinski definition) is 4. The predicted molar refractivity (Wildman–Crippen MR) is 44.3 cm³/mol. The highest BCUT2D eigenvalue weighted by Crippen LogP contribution is 2.35. The maximum atomic E-state index is 9.01. The van der Waals surface area contributed by atoms with Gasteiger partial charge >= 0.3 is 0 Å². The zero-order valence-electron chi connectivity index (χ0n) is 7.06. The molecule has 0 saturated heterocycles. The second-order valence-electron chi connectivity index (χ2n) is 3.54. The van der Waals surface area contributed by atoms with E-state index >= 15 is 0 Å². The minimum Gasteiger partial charge on any atom is -0.396 e. The Balaban J connectivity index is 2.61. The average Bonchev–Trinajstić information content (AvgIpc) is 2.40. The van der Waals surface area contributed by atoms with Gasteiger partial charge in [-0.15, -0.1) is 0 Å². The zero-order valence-corrected chi connectivity index (χ0v) is 7.06. The summed E-state index contributed by atoms with van der Waals surface area (Å²) < 4.78 is 0. The Morgan fingerprint density at radius 3 is 2.00 bits per heavy atom. The number of rotatable bonds is 3. The van der Waals surface area contributed by atoms with E-state index in [1.165, 1.54) is 0 Å². The van der Waals surface area contributed by atoms with Crippen LogP contribution < -0.4 is 5.73 Å². The van der Waals surface area contributed by atoms with Gasteiger partial charge in [0, 0.05) is 31.8 Å². The number of nitrogens with two attached hydrogens (primary N) is 1. The van der Waals surface area contributed by atoms with Gasteiger partial charge in [0.1, 0.15) is 0 Å². The molecule has 1 aliphatic rings. The summed E-state index contributed by atoms with van der Waals surface area (Å²) in [5.41, 5.74) is 5.74. The Bertz CT molecular complexity index is 142. The molecular weight excluding hydrogens is 158 g/mol. The van der Waals surface area contributed by atoms with Crippen LogP contribution in [-0.2, 0) is 0 Å². The molecule has 0 aliphatic heterocycles. The van der Waals surface area contributed by atoms with Crippen molar-refractivity contribution in [3.8, 4) is 0 Å². The first-order chi connectivity index (χ1) is 5.74. The molecule has 1 saturated carbocycles. The molecule has 1 rings (SSSR count). The quantitative estimate of drug-likeness (QED) is 0.422. The lowest BCUT2D eigenvalue weighted by Crippen LogP contribution is -2.32. The Morgan fingerprint density at radius 1 is 1.00 bits per heavy atom. The molecule has 0 spiro atoms. The summed E-state index contributed by atoms with van der Waals surface area (Å²) in [6.45, 7) is 0.0580. The van der Waals surface area contributed by atoms with E-state index < -0.39 is 0 Å². The van der Waals surface area contributed by atoms with E-state index in [4.69, 9.17) is 21.1 Å². The fraction of sp³-hybridized carbons (Fsp3) is 1.00. The lowest BCUT2D eigenvalue weighted by atomic mass is 9.90. The van der Waals surface area contributed by atoms with Gasteiger partial charge in [-0.3, -0.25) is 0 Å². The summed E-state index contributed by atoms with van der Waals surface area (Å²) in [5, 5.41) is 26.9. The third-order valence-corrected chi connectivity index (χ3v) is 2.94.